The zero-order valence-electron chi connectivity index (χ0n) is 8.27. The second-order valence-electron chi connectivity index (χ2n) is 3.23. The van der Waals surface area contributed by atoms with Crippen LogP contribution < -0.4 is 5.73 Å². The van der Waals surface area contributed by atoms with Gasteiger partial charge in [0.05, 0.1) is 6.61 Å². The molecule has 0 saturated carbocycles. The van der Waals surface area contributed by atoms with Crippen molar-refractivity contribution in [2.24, 2.45) is 5.73 Å². The molecule has 0 aliphatic carbocycles. The molecule has 1 amide bonds. The van der Waals surface area contributed by atoms with Gasteiger partial charge in [0.15, 0.2) is 0 Å². The molecule has 1 aromatic rings. The molecule has 76 valence electrons. The Morgan fingerprint density at radius 3 is 2.57 bits per heavy atom. The molecule has 0 bridgehead atoms. The third-order valence-corrected chi connectivity index (χ3v) is 2.09. The Morgan fingerprint density at radius 1 is 1.43 bits per heavy atom. The predicted octanol–water partition coefficient (Wildman–Crippen LogP) is 1.29. The summed E-state index contributed by atoms with van der Waals surface area (Å²) in [6, 6.07) is 9.79. The van der Waals surface area contributed by atoms with Gasteiger partial charge in [0.1, 0.15) is 0 Å². The standard InChI is InChI=1S/C11H15NO2/c1-14-8-10(7-11(12)13)9-5-3-2-4-6-9/h2-6,10H,7-8H2,1H3,(H2,12,13)/t10-/m1/s1. The maximum atomic E-state index is 10.8. The van der Waals surface area contributed by atoms with E-state index in [1.807, 2.05) is 30.3 Å². The zero-order chi connectivity index (χ0) is 10.4. The monoisotopic (exact) mass is 193 g/mol. The largest absolute Gasteiger partial charge is 0.384 e. The van der Waals surface area contributed by atoms with E-state index in [4.69, 9.17) is 10.5 Å². The molecule has 0 heterocycles. The summed E-state index contributed by atoms with van der Waals surface area (Å²) >= 11 is 0. The number of amides is 1. The lowest BCUT2D eigenvalue weighted by atomic mass is 9.96. The van der Waals surface area contributed by atoms with Gasteiger partial charge >= 0.3 is 0 Å². The maximum Gasteiger partial charge on any atom is 0.218 e. The molecule has 2 N–H and O–H groups in total. The third-order valence-electron chi connectivity index (χ3n) is 2.09. The molecule has 0 saturated heterocycles. The summed E-state index contributed by atoms with van der Waals surface area (Å²) in [6.07, 6.45) is 0.331. The molecule has 0 aliphatic rings. The predicted molar refractivity (Wildman–Crippen MR) is 54.9 cm³/mol. The van der Waals surface area contributed by atoms with Crippen molar-refractivity contribution in [1.82, 2.24) is 0 Å². The minimum absolute atomic E-state index is 0.0682. The maximum absolute atomic E-state index is 10.8. The number of ether oxygens (including phenoxy) is 1. The lowest BCUT2D eigenvalue weighted by Crippen LogP contribution is -2.18. The van der Waals surface area contributed by atoms with E-state index in [0.29, 0.717) is 13.0 Å². The van der Waals surface area contributed by atoms with Crippen LogP contribution in [0.3, 0.4) is 0 Å². The second kappa shape index (κ2) is 5.40. The number of benzene rings is 1. The van der Waals surface area contributed by atoms with Crippen LogP contribution in [0.15, 0.2) is 30.3 Å². The van der Waals surface area contributed by atoms with Crippen molar-refractivity contribution >= 4 is 5.91 Å². The molecule has 1 aromatic carbocycles. The van der Waals surface area contributed by atoms with Gasteiger partial charge in [0.2, 0.25) is 5.91 Å². The molecule has 0 fully saturated rings. The fourth-order valence-corrected chi connectivity index (χ4v) is 1.44. The minimum Gasteiger partial charge on any atom is -0.384 e. The fourth-order valence-electron chi connectivity index (χ4n) is 1.44. The molecule has 0 radical (unpaired) electrons. The smallest absolute Gasteiger partial charge is 0.218 e. The van der Waals surface area contributed by atoms with Gasteiger partial charge in [0.25, 0.3) is 0 Å². The van der Waals surface area contributed by atoms with E-state index < -0.39 is 0 Å². The number of carbonyl (C=O) groups excluding carboxylic acids is 1. The Labute approximate surface area is 83.9 Å². The van der Waals surface area contributed by atoms with Crippen LogP contribution >= 0.6 is 0 Å². The summed E-state index contributed by atoms with van der Waals surface area (Å²) < 4.78 is 5.05. The molecule has 0 aliphatic heterocycles. The van der Waals surface area contributed by atoms with E-state index in [2.05, 4.69) is 0 Å². The summed E-state index contributed by atoms with van der Waals surface area (Å²) in [4.78, 5) is 10.8. The number of hydrogen-bond acceptors (Lipinski definition) is 2. The minimum atomic E-state index is -0.295. The van der Waals surface area contributed by atoms with Crippen molar-refractivity contribution in [3.63, 3.8) is 0 Å². The highest BCUT2D eigenvalue weighted by Crippen LogP contribution is 2.18. The van der Waals surface area contributed by atoms with Gasteiger partial charge in [0, 0.05) is 19.4 Å². The molecular formula is C11H15NO2. The van der Waals surface area contributed by atoms with E-state index >= 15 is 0 Å². The van der Waals surface area contributed by atoms with Crippen LogP contribution in [0.5, 0.6) is 0 Å². The average molecular weight is 193 g/mol. The van der Waals surface area contributed by atoms with Crippen molar-refractivity contribution in [3.8, 4) is 0 Å². The Morgan fingerprint density at radius 2 is 2.07 bits per heavy atom. The normalized spacial score (nSPS) is 12.4. The van der Waals surface area contributed by atoms with Crippen LogP contribution in [0.2, 0.25) is 0 Å². The van der Waals surface area contributed by atoms with Gasteiger partial charge in [-0.05, 0) is 5.56 Å². The molecule has 1 rings (SSSR count). The molecule has 0 unspecified atom stereocenters. The van der Waals surface area contributed by atoms with Crippen LogP contribution in [0.1, 0.15) is 17.9 Å². The van der Waals surface area contributed by atoms with E-state index in [-0.39, 0.29) is 11.8 Å². The average Bonchev–Trinajstić information content (AvgIpc) is 2.18. The van der Waals surface area contributed by atoms with Crippen molar-refractivity contribution in [3.05, 3.63) is 35.9 Å². The quantitative estimate of drug-likeness (QED) is 0.766. The highest BCUT2D eigenvalue weighted by atomic mass is 16.5. The van der Waals surface area contributed by atoms with E-state index in [0.717, 1.165) is 5.56 Å². The first-order valence-electron chi connectivity index (χ1n) is 4.56. The number of methoxy groups -OCH3 is 1. The van der Waals surface area contributed by atoms with E-state index in [1.54, 1.807) is 7.11 Å². The summed E-state index contributed by atoms with van der Waals surface area (Å²) in [7, 11) is 1.62. The summed E-state index contributed by atoms with van der Waals surface area (Å²) in [6.45, 7) is 0.521. The SMILES string of the molecule is COC[C@@H](CC(N)=O)c1ccccc1. The first-order valence-corrected chi connectivity index (χ1v) is 4.56. The Kier molecular flexibility index (Phi) is 4.13. The Balaban J connectivity index is 2.72. The Bertz CT molecular complexity index is 285. The van der Waals surface area contributed by atoms with Gasteiger partial charge in [-0.25, -0.2) is 0 Å². The van der Waals surface area contributed by atoms with Gasteiger partial charge in [-0.1, -0.05) is 30.3 Å². The number of primary amides is 1. The molecule has 1 atom stereocenters. The molecule has 3 nitrogen and oxygen atoms in total. The first kappa shape index (κ1) is 10.7. The van der Waals surface area contributed by atoms with Crippen molar-refractivity contribution in [2.45, 2.75) is 12.3 Å². The summed E-state index contributed by atoms with van der Waals surface area (Å²) in [5.74, 6) is -0.227. The third kappa shape index (κ3) is 3.18. The van der Waals surface area contributed by atoms with Crippen LogP contribution in [0, 0.1) is 0 Å². The highest BCUT2D eigenvalue weighted by molar-refractivity contribution is 5.74. The second-order valence-corrected chi connectivity index (χ2v) is 3.23. The van der Waals surface area contributed by atoms with Crippen molar-refractivity contribution in [1.29, 1.82) is 0 Å². The lowest BCUT2D eigenvalue weighted by molar-refractivity contribution is -0.118. The number of rotatable bonds is 5. The highest BCUT2D eigenvalue weighted by Gasteiger charge is 2.13. The van der Waals surface area contributed by atoms with Crippen molar-refractivity contribution < 1.29 is 9.53 Å². The zero-order valence-corrected chi connectivity index (χ0v) is 8.27. The van der Waals surface area contributed by atoms with Crippen LogP contribution in [0.25, 0.3) is 0 Å². The number of carbonyl (C=O) groups is 1. The summed E-state index contributed by atoms with van der Waals surface area (Å²) in [5, 5.41) is 0. The van der Waals surface area contributed by atoms with Gasteiger partial charge < -0.3 is 10.5 Å². The first-order chi connectivity index (χ1) is 6.74. The number of nitrogens with two attached hydrogens (primary N) is 1. The van der Waals surface area contributed by atoms with Crippen LogP contribution in [0.4, 0.5) is 0 Å². The molecule has 14 heavy (non-hydrogen) atoms. The lowest BCUT2D eigenvalue weighted by Gasteiger charge is -2.14. The molecule has 0 aromatic heterocycles. The molecule has 3 heteroatoms. The molecule has 0 spiro atoms. The fraction of sp³-hybridized carbons (Fsp3) is 0.364. The molecular weight excluding hydrogens is 178 g/mol. The van der Waals surface area contributed by atoms with Gasteiger partial charge in [-0.15, -0.1) is 0 Å². The topological polar surface area (TPSA) is 52.3 Å². The van der Waals surface area contributed by atoms with E-state index in [1.165, 1.54) is 0 Å². The Hall–Kier alpha value is -1.35. The van der Waals surface area contributed by atoms with Crippen LogP contribution in [-0.2, 0) is 9.53 Å². The van der Waals surface area contributed by atoms with Crippen LogP contribution in [-0.4, -0.2) is 19.6 Å². The van der Waals surface area contributed by atoms with Crippen molar-refractivity contribution in [2.75, 3.05) is 13.7 Å². The van der Waals surface area contributed by atoms with Gasteiger partial charge in [-0.3, -0.25) is 4.79 Å². The van der Waals surface area contributed by atoms with Gasteiger partial charge in [-0.2, -0.15) is 0 Å². The number of hydrogen-bond donors (Lipinski definition) is 1. The summed E-state index contributed by atoms with van der Waals surface area (Å²) in [5.41, 5.74) is 6.26. The van der Waals surface area contributed by atoms with E-state index in [9.17, 15) is 4.79 Å².